The van der Waals surface area contributed by atoms with Crippen molar-refractivity contribution in [1.82, 2.24) is 14.1 Å². The van der Waals surface area contributed by atoms with Crippen LogP contribution in [-0.2, 0) is 0 Å². The van der Waals surface area contributed by atoms with E-state index in [1.165, 1.54) is 59.1 Å². The molecule has 0 atom stereocenters. The molecule has 0 saturated carbocycles. The standard InChI is InChI=1S/C35H21N3S/c1-2-10-23(11-3-1)37-29-15-7-4-12-24(29)26-20-18-22-19-21-27-25-13-5-8-16-30(25)38(34(27)32(22)33(26)37)35-36-28-14-6-9-17-31(28)39-35/h1-21H. The first-order valence-electron chi connectivity index (χ1n) is 13.2. The van der Waals surface area contributed by atoms with Gasteiger partial charge in [-0.15, -0.1) is 0 Å². The van der Waals surface area contributed by atoms with Crippen molar-refractivity contribution in [1.29, 1.82) is 0 Å². The fourth-order valence-corrected chi connectivity index (χ4v) is 7.30. The first-order chi connectivity index (χ1) is 19.4. The molecule has 0 radical (unpaired) electrons. The van der Waals surface area contributed by atoms with Crippen LogP contribution in [0, 0.1) is 0 Å². The topological polar surface area (TPSA) is 22.8 Å². The quantitative estimate of drug-likeness (QED) is 0.225. The van der Waals surface area contributed by atoms with Crippen molar-refractivity contribution >= 4 is 75.9 Å². The number of para-hydroxylation sites is 4. The molecule has 0 unspecified atom stereocenters. The lowest BCUT2D eigenvalue weighted by Gasteiger charge is -2.12. The predicted octanol–water partition coefficient (Wildman–Crippen LogP) is 9.64. The number of rotatable bonds is 2. The van der Waals surface area contributed by atoms with Crippen LogP contribution in [0.25, 0.3) is 75.4 Å². The summed E-state index contributed by atoms with van der Waals surface area (Å²) in [4.78, 5) is 5.14. The Morgan fingerprint density at radius 3 is 1.79 bits per heavy atom. The van der Waals surface area contributed by atoms with E-state index >= 15 is 0 Å². The second kappa shape index (κ2) is 7.79. The van der Waals surface area contributed by atoms with E-state index in [1.54, 1.807) is 11.3 Å². The Balaban J connectivity index is 1.57. The zero-order valence-corrected chi connectivity index (χ0v) is 21.7. The number of hydrogen-bond donors (Lipinski definition) is 0. The van der Waals surface area contributed by atoms with Crippen LogP contribution < -0.4 is 0 Å². The molecule has 0 saturated heterocycles. The molecule has 0 aliphatic carbocycles. The van der Waals surface area contributed by atoms with Gasteiger partial charge in [-0.3, -0.25) is 4.57 Å². The normalized spacial score (nSPS) is 12.1. The molecule has 0 aliphatic heterocycles. The summed E-state index contributed by atoms with van der Waals surface area (Å²) in [7, 11) is 0. The maximum absolute atomic E-state index is 5.14. The molecule has 4 heteroatoms. The highest BCUT2D eigenvalue weighted by Gasteiger charge is 2.22. The number of fused-ring (bicyclic) bond motifs is 10. The van der Waals surface area contributed by atoms with Crippen LogP contribution in [0.4, 0.5) is 0 Å². The van der Waals surface area contributed by atoms with Gasteiger partial charge >= 0.3 is 0 Å². The Bertz CT molecular complexity index is 2350. The van der Waals surface area contributed by atoms with E-state index < -0.39 is 0 Å². The van der Waals surface area contributed by atoms with Gasteiger partial charge in [0.05, 0.1) is 32.3 Å². The highest BCUT2D eigenvalue weighted by atomic mass is 32.1. The zero-order chi connectivity index (χ0) is 25.5. The Morgan fingerprint density at radius 1 is 0.487 bits per heavy atom. The van der Waals surface area contributed by atoms with Crippen LogP contribution in [-0.4, -0.2) is 14.1 Å². The van der Waals surface area contributed by atoms with Crippen molar-refractivity contribution in [2.75, 3.05) is 0 Å². The molecule has 182 valence electrons. The molecule has 0 aliphatic rings. The summed E-state index contributed by atoms with van der Waals surface area (Å²) < 4.78 is 6.03. The van der Waals surface area contributed by atoms with Gasteiger partial charge in [0.2, 0.25) is 0 Å². The van der Waals surface area contributed by atoms with Gasteiger partial charge in [-0.2, -0.15) is 0 Å². The van der Waals surface area contributed by atoms with Crippen LogP contribution in [0.2, 0.25) is 0 Å². The van der Waals surface area contributed by atoms with Crippen molar-refractivity contribution in [2.45, 2.75) is 0 Å². The largest absolute Gasteiger partial charge is 0.309 e. The van der Waals surface area contributed by atoms with Crippen LogP contribution in [0.5, 0.6) is 0 Å². The molecule has 0 fully saturated rings. The Labute approximate surface area is 227 Å². The molecule has 6 aromatic carbocycles. The summed E-state index contributed by atoms with van der Waals surface area (Å²) in [5.74, 6) is 0. The highest BCUT2D eigenvalue weighted by Crippen LogP contribution is 2.43. The lowest BCUT2D eigenvalue weighted by molar-refractivity contribution is 1.15. The first kappa shape index (κ1) is 21.1. The Hall–Kier alpha value is -4.93. The van der Waals surface area contributed by atoms with E-state index in [0.717, 1.165) is 16.3 Å². The third kappa shape index (κ3) is 2.84. The minimum absolute atomic E-state index is 0.995. The summed E-state index contributed by atoms with van der Waals surface area (Å²) in [6.07, 6.45) is 0. The van der Waals surface area contributed by atoms with Crippen molar-refractivity contribution in [2.24, 2.45) is 0 Å². The third-order valence-electron chi connectivity index (χ3n) is 7.94. The third-order valence-corrected chi connectivity index (χ3v) is 8.96. The second-order valence-electron chi connectivity index (χ2n) is 10.0. The van der Waals surface area contributed by atoms with E-state index in [2.05, 4.69) is 137 Å². The molecule has 9 rings (SSSR count). The maximum atomic E-state index is 5.14. The van der Waals surface area contributed by atoms with Crippen LogP contribution in [0.1, 0.15) is 0 Å². The predicted molar refractivity (Wildman–Crippen MR) is 166 cm³/mol. The van der Waals surface area contributed by atoms with Gasteiger partial charge in [-0.25, -0.2) is 4.98 Å². The molecule has 0 spiro atoms. The Kier molecular flexibility index (Phi) is 4.21. The molecule has 3 heterocycles. The van der Waals surface area contributed by atoms with Crippen molar-refractivity contribution in [3.63, 3.8) is 0 Å². The van der Waals surface area contributed by atoms with Gasteiger partial charge in [-0.1, -0.05) is 102 Å². The van der Waals surface area contributed by atoms with Gasteiger partial charge in [0.15, 0.2) is 5.13 Å². The van der Waals surface area contributed by atoms with Gasteiger partial charge < -0.3 is 4.57 Å². The van der Waals surface area contributed by atoms with E-state index in [4.69, 9.17) is 4.98 Å². The summed E-state index contributed by atoms with van der Waals surface area (Å²) in [5, 5.41) is 8.48. The average Bonchev–Trinajstić information content (AvgIpc) is 3.67. The van der Waals surface area contributed by atoms with E-state index in [9.17, 15) is 0 Å². The molecule has 0 amide bonds. The molecular formula is C35H21N3S. The van der Waals surface area contributed by atoms with Crippen LogP contribution >= 0.6 is 11.3 Å². The van der Waals surface area contributed by atoms with Crippen LogP contribution in [0.15, 0.2) is 127 Å². The molecule has 3 aromatic heterocycles. The van der Waals surface area contributed by atoms with E-state index in [-0.39, 0.29) is 0 Å². The number of benzene rings is 6. The van der Waals surface area contributed by atoms with Gasteiger partial charge in [0, 0.05) is 32.6 Å². The molecule has 39 heavy (non-hydrogen) atoms. The monoisotopic (exact) mass is 515 g/mol. The minimum atomic E-state index is 0.995. The summed E-state index contributed by atoms with van der Waals surface area (Å²) in [6, 6.07) is 45.7. The van der Waals surface area contributed by atoms with Gasteiger partial charge in [0.1, 0.15) is 0 Å². The molecule has 3 nitrogen and oxygen atoms in total. The SMILES string of the molecule is c1ccc(-n2c3ccccc3c3ccc4ccc5c6ccccc6n(-c6nc7ccccc7s6)c5c4c32)cc1. The number of nitrogens with zero attached hydrogens (tertiary/aromatic N) is 3. The average molecular weight is 516 g/mol. The van der Waals surface area contributed by atoms with Crippen molar-refractivity contribution < 1.29 is 0 Å². The van der Waals surface area contributed by atoms with E-state index in [1.807, 2.05) is 0 Å². The fraction of sp³-hybridized carbons (Fsp3) is 0. The molecule has 0 bridgehead atoms. The number of hydrogen-bond acceptors (Lipinski definition) is 2. The fourth-order valence-electron chi connectivity index (χ4n) is 6.31. The number of thiazole rings is 1. The Morgan fingerprint density at radius 2 is 1.08 bits per heavy atom. The summed E-state index contributed by atoms with van der Waals surface area (Å²) in [6.45, 7) is 0. The summed E-state index contributed by atoms with van der Waals surface area (Å²) >= 11 is 1.75. The lowest BCUT2D eigenvalue weighted by atomic mass is 10.0. The van der Waals surface area contributed by atoms with E-state index in [0.29, 0.717) is 0 Å². The summed E-state index contributed by atoms with van der Waals surface area (Å²) in [5.41, 5.74) is 7.03. The number of aromatic nitrogens is 3. The molecule has 9 aromatic rings. The van der Waals surface area contributed by atoms with Crippen molar-refractivity contribution in [3.8, 4) is 10.8 Å². The van der Waals surface area contributed by atoms with Gasteiger partial charge in [-0.05, 0) is 41.8 Å². The lowest BCUT2D eigenvalue weighted by Crippen LogP contribution is -1.97. The molecule has 0 N–H and O–H groups in total. The van der Waals surface area contributed by atoms with Crippen molar-refractivity contribution in [3.05, 3.63) is 127 Å². The molecular weight excluding hydrogens is 494 g/mol. The minimum Gasteiger partial charge on any atom is -0.309 e. The maximum Gasteiger partial charge on any atom is 0.195 e. The van der Waals surface area contributed by atoms with Gasteiger partial charge in [0.25, 0.3) is 0 Å². The van der Waals surface area contributed by atoms with Crippen LogP contribution in [0.3, 0.4) is 0 Å². The highest BCUT2D eigenvalue weighted by molar-refractivity contribution is 7.20. The first-order valence-corrected chi connectivity index (χ1v) is 14.0. The second-order valence-corrected chi connectivity index (χ2v) is 11.0. The zero-order valence-electron chi connectivity index (χ0n) is 20.9. The smallest absolute Gasteiger partial charge is 0.195 e.